The van der Waals surface area contributed by atoms with E-state index in [2.05, 4.69) is 16.0 Å². The number of hydrogen-bond acceptors (Lipinski definition) is 18. The van der Waals surface area contributed by atoms with Gasteiger partial charge in [0.15, 0.2) is 17.7 Å². The van der Waals surface area contributed by atoms with E-state index >= 15 is 0 Å². The van der Waals surface area contributed by atoms with Crippen molar-refractivity contribution >= 4 is 76.3 Å². The number of nitrogens with zero attached hydrogens (tertiary/aromatic N) is 2. The molecule has 508 valence electrons. The average Bonchev–Trinajstić information content (AvgIpc) is 1.68. The molecule has 3 aliphatic heterocycles. The second-order valence-electron chi connectivity index (χ2n) is 25.4. The van der Waals surface area contributed by atoms with Crippen LogP contribution in [0, 0.1) is 36.0 Å². The Morgan fingerprint density at radius 3 is 2.04 bits per heavy atom. The molecule has 0 unspecified atom stereocenters. The Morgan fingerprint density at radius 2 is 1.41 bits per heavy atom. The van der Waals surface area contributed by atoms with Crippen molar-refractivity contribution in [1.29, 1.82) is 0 Å². The zero-order valence-electron chi connectivity index (χ0n) is 55.1. The fraction of sp³-hybridized carbons (Fsp3) is 0.632. The highest BCUT2D eigenvalue weighted by Crippen LogP contribution is 2.45. The lowest BCUT2D eigenvalue weighted by molar-refractivity contribution is -0.179. The van der Waals surface area contributed by atoms with E-state index in [1.165, 1.54) is 11.0 Å². The number of carbonyl (C=O) groups excluding carboxylic acids is 11. The summed E-state index contributed by atoms with van der Waals surface area (Å²) in [6, 6.07) is 11.0. The number of nitrogens with one attached hydrogen (secondary N) is 3. The van der Waals surface area contributed by atoms with Crippen LogP contribution in [-0.2, 0) is 98.7 Å². The summed E-state index contributed by atoms with van der Waals surface area (Å²) in [6.45, 7) is 17.4. The standard InChI is InChI=1S/C68H96ClN5O18/c1-42(2)36-56-66(84)90-55(12-11-13-57(78)71-52(39-48-15-14-44(5)51(69)38-48)65(83)70-41-68(8,9)67(85)91-56)46(7)63-64(92-63)49-19-16-47(17-20-49)18-21-53(76)45(6)37-54(77)62(43(3)4)72-58(79)25-28-73(27-24-50(75)40-74-60(81)22-23-61(74)82)59(80)26-29-87-32-33-89-35-34-88-31-30-86-10/h11,13-17,19-20,38,42-43,45-46,52,55-56,62-64H,12,18,21-37,39-41H2,1-10H3,(H,70,83)(H,71,78)(H,72,79)/b13-11+/t45-,46+,52-,55+,56+,62+,63-,64-/m1/s1. The van der Waals surface area contributed by atoms with Crippen molar-refractivity contribution in [2.45, 2.75) is 169 Å². The topological polar surface area (TPSA) is 298 Å². The Bertz CT molecular complexity index is 2880. The van der Waals surface area contributed by atoms with Crippen LogP contribution in [0.15, 0.2) is 54.6 Å². The first-order valence-corrected chi connectivity index (χ1v) is 32.4. The number of carbonyl (C=O) groups is 11. The minimum Gasteiger partial charge on any atom is -0.459 e. The van der Waals surface area contributed by atoms with Gasteiger partial charge in [-0.25, -0.2) is 4.79 Å². The number of hydrogen-bond donors (Lipinski definition) is 3. The Morgan fingerprint density at radius 1 is 0.783 bits per heavy atom. The first kappa shape index (κ1) is 76.0. The number of esters is 2. The molecule has 5 rings (SSSR count). The van der Waals surface area contributed by atoms with Crippen LogP contribution in [0.5, 0.6) is 0 Å². The third-order valence-corrected chi connectivity index (χ3v) is 16.8. The van der Waals surface area contributed by atoms with Crippen LogP contribution < -0.4 is 16.0 Å². The maximum atomic E-state index is 14.0. The third-order valence-electron chi connectivity index (χ3n) is 16.4. The molecule has 8 atom stereocenters. The SMILES string of the molecule is COCCOCCOCCOCCC(=O)N(CCC(=O)CN1C(=O)CCC1=O)CCC(=O)N[C@H](C(=O)C[C@@H](C)C(=O)CCc1ccc([C@H]2O[C@@H]2[C@@H](C)[C@@H]2C/C=C/C(=O)N[C@H](Cc3ccc(C)c(Cl)c3)C(=O)NCC(C)(C)C(=O)O[C@@H](CC(C)C)C(=O)O2)cc1)C(C)C. The van der Waals surface area contributed by atoms with E-state index in [0.29, 0.717) is 43.4 Å². The van der Waals surface area contributed by atoms with E-state index in [4.69, 9.17) is 44.8 Å². The molecule has 2 fully saturated rings. The molecule has 0 bridgehead atoms. The van der Waals surface area contributed by atoms with Gasteiger partial charge in [0, 0.05) is 95.0 Å². The van der Waals surface area contributed by atoms with Crippen LogP contribution in [0.4, 0.5) is 0 Å². The number of ether oxygens (including phenoxy) is 7. The molecule has 0 saturated carbocycles. The van der Waals surface area contributed by atoms with Crippen molar-refractivity contribution in [2.75, 3.05) is 79.5 Å². The van der Waals surface area contributed by atoms with Crippen LogP contribution in [-0.4, -0.2) is 184 Å². The fourth-order valence-electron chi connectivity index (χ4n) is 10.5. The number of cyclic esters (lactones) is 2. The molecule has 2 saturated heterocycles. The van der Waals surface area contributed by atoms with Crippen LogP contribution in [0.25, 0.3) is 0 Å². The van der Waals surface area contributed by atoms with Crippen LogP contribution in [0.2, 0.25) is 5.02 Å². The van der Waals surface area contributed by atoms with Gasteiger partial charge in [-0.15, -0.1) is 0 Å². The first-order valence-electron chi connectivity index (χ1n) is 32.0. The largest absolute Gasteiger partial charge is 0.459 e. The zero-order chi connectivity index (χ0) is 67.7. The fourth-order valence-corrected chi connectivity index (χ4v) is 10.7. The van der Waals surface area contributed by atoms with Gasteiger partial charge in [0.1, 0.15) is 24.0 Å². The quantitative estimate of drug-likeness (QED) is 0.0302. The third kappa shape index (κ3) is 25.3. The molecule has 23 nitrogen and oxygen atoms in total. The summed E-state index contributed by atoms with van der Waals surface area (Å²) in [4.78, 5) is 149. The molecule has 3 N–H and O–H groups in total. The van der Waals surface area contributed by atoms with E-state index in [1.54, 1.807) is 53.9 Å². The lowest BCUT2D eigenvalue weighted by atomic mass is 9.89. The number of aryl methyl sites for hydroxylation is 2. The summed E-state index contributed by atoms with van der Waals surface area (Å²) in [6.07, 6.45) is 0.439. The molecule has 24 heteroatoms. The van der Waals surface area contributed by atoms with Gasteiger partial charge in [-0.05, 0) is 79.8 Å². The molecule has 0 aliphatic carbocycles. The molecule has 6 amide bonds. The van der Waals surface area contributed by atoms with Crippen molar-refractivity contribution in [3.05, 3.63) is 81.9 Å². The van der Waals surface area contributed by atoms with Gasteiger partial charge in [-0.2, -0.15) is 0 Å². The van der Waals surface area contributed by atoms with Gasteiger partial charge in [0.25, 0.3) is 0 Å². The predicted octanol–water partition coefficient (Wildman–Crippen LogP) is 6.07. The van der Waals surface area contributed by atoms with E-state index in [-0.39, 0.29) is 133 Å². The number of imide groups is 1. The number of ketones is 3. The Labute approximate surface area is 545 Å². The molecule has 3 heterocycles. The van der Waals surface area contributed by atoms with Crippen LogP contribution in [0.1, 0.15) is 142 Å². The minimum atomic E-state index is -1.27. The van der Waals surface area contributed by atoms with Gasteiger partial charge < -0.3 is 54.0 Å². The highest BCUT2D eigenvalue weighted by molar-refractivity contribution is 6.31. The number of rotatable bonds is 36. The second-order valence-corrected chi connectivity index (χ2v) is 25.8. The Kier molecular flexibility index (Phi) is 31.2. The molecule has 2 aromatic carbocycles. The van der Waals surface area contributed by atoms with Crippen LogP contribution in [0.3, 0.4) is 0 Å². The van der Waals surface area contributed by atoms with Crippen LogP contribution >= 0.6 is 11.6 Å². The van der Waals surface area contributed by atoms with Crippen molar-refractivity contribution in [1.82, 2.24) is 25.8 Å². The lowest BCUT2D eigenvalue weighted by Gasteiger charge is -2.29. The predicted molar refractivity (Wildman–Crippen MR) is 339 cm³/mol. The van der Waals surface area contributed by atoms with Gasteiger partial charge in [0.2, 0.25) is 35.4 Å². The van der Waals surface area contributed by atoms with Crippen molar-refractivity contribution in [2.24, 2.45) is 29.1 Å². The Balaban J connectivity index is 1.14. The van der Waals surface area contributed by atoms with E-state index in [1.807, 2.05) is 64.1 Å². The monoisotopic (exact) mass is 1310 g/mol. The smallest absolute Gasteiger partial charge is 0.347 e. The van der Waals surface area contributed by atoms with Crippen molar-refractivity contribution in [3.63, 3.8) is 0 Å². The number of epoxide rings is 1. The molecular formula is C68H96ClN5O18. The summed E-state index contributed by atoms with van der Waals surface area (Å²) in [7, 11) is 1.58. The number of methoxy groups -OCH3 is 1. The second kappa shape index (κ2) is 37.8. The number of benzene rings is 2. The maximum Gasteiger partial charge on any atom is 0.347 e. The summed E-state index contributed by atoms with van der Waals surface area (Å²) in [5, 5.41) is 8.88. The summed E-state index contributed by atoms with van der Waals surface area (Å²) in [5.74, 6) is -6.68. The van der Waals surface area contributed by atoms with Gasteiger partial charge >= 0.3 is 11.9 Å². The lowest BCUT2D eigenvalue weighted by Crippen LogP contribution is -2.51. The molecule has 2 aromatic rings. The summed E-state index contributed by atoms with van der Waals surface area (Å²) < 4.78 is 39.6. The van der Waals surface area contributed by atoms with E-state index in [0.717, 1.165) is 21.6 Å². The van der Waals surface area contributed by atoms with E-state index < -0.39 is 107 Å². The van der Waals surface area contributed by atoms with Gasteiger partial charge in [-0.1, -0.05) is 95.6 Å². The Hall–Kier alpha value is -6.76. The summed E-state index contributed by atoms with van der Waals surface area (Å²) >= 11 is 6.40. The van der Waals surface area contributed by atoms with Crippen molar-refractivity contribution in [3.8, 4) is 0 Å². The summed E-state index contributed by atoms with van der Waals surface area (Å²) in [5.41, 5.74) is 2.01. The van der Waals surface area contributed by atoms with Gasteiger partial charge in [-0.3, -0.25) is 52.8 Å². The molecule has 0 aromatic heterocycles. The maximum absolute atomic E-state index is 14.0. The molecule has 0 spiro atoms. The molecule has 0 radical (unpaired) electrons. The molecule has 92 heavy (non-hydrogen) atoms. The highest BCUT2D eigenvalue weighted by Gasteiger charge is 2.48. The van der Waals surface area contributed by atoms with Crippen molar-refractivity contribution < 1.29 is 85.9 Å². The zero-order valence-corrected chi connectivity index (χ0v) is 55.9. The number of amides is 6. The first-order chi connectivity index (χ1) is 43.7. The number of halogens is 1. The van der Waals surface area contributed by atoms with E-state index in [9.17, 15) is 52.7 Å². The molecular weight excluding hydrogens is 1210 g/mol. The number of Topliss-reactive ketones (excluding diaryl/α,β-unsaturated/α-hetero) is 3. The molecule has 3 aliphatic rings. The van der Waals surface area contributed by atoms with Gasteiger partial charge in [0.05, 0.1) is 76.8 Å². The minimum absolute atomic E-state index is 0.0356. The average molecular weight is 1310 g/mol. The normalized spacial score (nSPS) is 21.0. The number of likely N-dealkylation sites (tertiary alicyclic amines) is 1. The highest BCUT2D eigenvalue weighted by atomic mass is 35.5.